The molecular weight excluding hydrogens is 883 g/mol. The molecule has 368 valence electrons. The summed E-state index contributed by atoms with van der Waals surface area (Å²) < 4.78 is 6.25. The van der Waals surface area contributed by atoms with Gasteiger partial charge in [0.25, 0.3) is 0 Å². The number of unbranched alkanes of at least 4 members (excludes halogenated alkanes) is 4. The zero-order chi connectivity index (χ0) is 49.1. The van der Waals surface area contributed by atoms with E-state index in [1.165, 1.54) is 27.2 Å². The van der Waals surface area contributed by atoms with E-state index in [1.54, 1.807) is 11.3 Å². The molecule has 3 amide bonds. The monoisotopic (exact) mass is 956 g/mol. The maximum Gasteiger partial charge on any atom is 0.246 e. The Kier molecular flexibility index (Phi) is 17.7. The number of amides is 3. The number of rotatable bonds is 21. The van der Waals surface area contributed by atoms with Crippen LogP contribution >= 0.6 is 11.3 Å². The summed E-state index contributed by atoms with van der Waals surface area (Å²) >= 11 is 1.59. The highest BCUT2D eigenvalue weighted by molar-refractivity contribution is 7.13. The number of benzene rings is 4. The summed E-state index contributed by atoms with van der Waals surface area (Å²) in [5.74, 6) is 0.886. The number of phenolic OH excluding ortho intramolecular Hbond substituents is 1. The number of carbonyl (C=O) groups excluding carboxylic acids is 3. The minimum atomic E-state index is -0.849. The number of aliphatic hydroxyl groups is 1. The molecule has 1 aromatic heterocycles. The largest absolute Gasteiger partial charge is 0.508 e. The normalized spacial score (nSPS) is 18.9. The van der Waals surface area contributed by atoms with Crippen LogP contribution < -0.4 is 15.4 Å². The van der Waals surface area contributed by atoms with Gasteiger partial charge < -0.3 is 35.4 Å². The van der Waals surface area contributed by atoms with Gasteiger partial charge in [-0.3, -0.25) is 14.4 Å². The lowest BCUT2D eigenvalue weighted by molar-refractivity contribution is -0.144. The lowest BCUT2D eigenvalue weighted by Crippen LogP contribution is -2.57. The molecule has 11 nitrogen and oxygen atoms in total. The summed E-state index contributed by atoms with van der Waals surface area (Å²) in [4.78, 5) is 50.5. The van der Waals surface area contributed by atoms with Crippen molar-refractivity contribution >= 4 is 29.1 Å². The van der Waals surface area contributed by atoms with Gasteiger partial charge >= 0.3 is 0 Å². The highest BCUT2D eigenvalue weighted by atomic mass is 32.1. The average molecular weight is 956 g/mol. The van der Waals surface area contributed by atoms with Crippen LogP contribution in [0, 0.1) is 12.3 Å². The lowest BCUT2D eigenvalue weighted by Gasteiger charge is -2.35. The summed E-state index contributed by atoms with van der Waals surface area (Å²) in [7, 11) is 0. The van der Waals surface area contributed by atoms with Crippen molar-refractivity contribution < 1.29 is 29.3 Å². The molecule has 1 fully saturated rings. The third-order valence-electron chi connectivity index (χ3n) is 14.1. The number of aromatic nitrogens is 1. The smallest absolute Gasteiger partial charge is 0.246 e. The summed E-state index contributed by atoms with van der Waals surface area (Å²) in [6.07, 6.45) is 6.38. The van der Waals surface area contributed by atoms with Crippen LogP contribution in [0.2, 0.25) is 0 Å². The Bertz CT molecular complexity index is 2450. The standard InChI is InChI=1S/C57H73N5O6S/c1-7-61(32-33-68-47-27-23-42(24-28-47)52-48(41-16-12-11-13-17-41)29-25-44-34-45(63)26-30-49(44)52)31-15-10-8-9-14-18-51(65)60-54(57(4,5)6)56(67)62-36-46(64)35-50(62)55(66)59-38(2)40-19-21-43(22-20-40)53-39(3)58-37-69-53/h11-13,16-17,19-24,26-28,30,34,37-38,46,48,50,52,54,63-64H,7-10,14-15,18,25,29,31-33,35-36H2,1-6H3,(H,59,66)(H,60,65). The first-order valence-corrected chi connectivity index (χ1v) is 26.0. The van der Waals surface area contributed by atoms with Gasteiger partial charge in [0.1, 0.15) is 30.2 Å². The topological polar surface area (TPSA) is 144 Å². The molecule has 69 heavy (non-hydrogen) atoms. The third-order valence-corrected chi connectivity index (χ3v) is 15.1. The van der Waals surface area contributed by atoms with E-state index in [2.05, 4.69) is 88.1 Å². The number of fused-ring (bicyclic) bond motifs is 1. The van der Waals surface area contributed by atoms with Gasteiger partial charge in [-0.2, -0.15) is 0 Å². The van der Waals surface area contributed by atoms with Crippen LogP contribution in [0.5, 0.6) is 11.5 Å². The number of carbonyl (C=O) groups is 3. The summed E-state index contributed by atoms with van der Waals surface area (Å²) in [6, 6.07) is 31.2. The van der Waals surface area contributed by atoms with Gasteiger partial charge in [0, 0.05) is 31.8 Å². The molecule has 4 aromatic carbocycles. The fourth-order valence-corrected chi connectivity index (χ4v) is 11.0. The minimum absolute atomic E-state index is 0.0356. The first-order chi connectivity index (χ1) is 33.2. The van der Waals surface area contributed by atoms with Crippen molar-refractivity contribution in [3.05, 3.63) is 136 Å². The number of ether oxygens (including phenoxy) is 1. The number of hydrogen-bond donors (Lipinski definition) is 4. The van der Waals surface area contributed by atoms with E-state index in [9.17, 15) is 24.6 Å². The van der Waals surface area contributed by atoms with Gasteiger partial charge in [-0.05, 0) is 122 Å². The molecule has 6 atom stereocenters. The Morgan fingerprint density at radius 2 is 1.62 bits per heavy atom. The molecule has 4 N–H and O–H groups in total. The maximum atomic E-state index is 14.1. The van der Waals surface area contributed by atoms with Gasteiger partial charge in [-0.1, -0.05) is 120 Å². The zero-order valence-electron chi connectivity index (χ0n) is 41.5. The van der Waals surface area contributed by atoms with Crippen LogP contribution in [0.15, 0.2) is 103 Å². The van der Waals surface area contributed by atoms with Crippen LogP contribution in [-0.4, -0.2) is 93.7 Å². The first-order valence-electron chi connectivity index (χ1n) is 25.1. The van der Waals surface area contributed by atoms with Crippen LogP contribution in [0.1, 0.15) is 137 Å². The third kappa shape index (κ3) is 13.4. The molecule has 6 unspecified atom stereocenters. The van der Waals surface area contributed by atoms with Crippen LogP contribution in [-0.2, 0) is 20.8 Å². The molecule has 0 spiro atoms. The van der Waals surface area contributed by atoms with Crippen molar-refractivity contribution in [2.75, 3.05) is 32.8 Å². The number of β-amino-alcohol motifs (C(OH)–C–C–N with tert-alkyl or cyclic N) is 1. The SMILES string of the molecule is CCN(CCCCCCCC(=O)NC(C(=O)N1CC(O)CC1C(=O)NC(C)c1ccc(-c2scnc2C)cc1)C(C)(C)C)CCOc1ccc(C2c3ccc(O)cc3CCC2c2ccccc2)cc1. The van der Waals surface area contributed by atoms with Crippen molar-refractivity contribution in [1.82, 2.24) is 25.4 Å². The quantitative estimate of drug-likeness (QED) is 0.0533. The number of likely N-dealkylation sites (tertiary alicyclic amines) is 1. The molecule has 1 saturated heterocycles. The van der Waals surface area contributed by atoms with Crippen LogP contribution in [0.4, 0.5) is 0 Å². The van der Waals surface area contributed by atoms with Crippen molar-refractivity contribution in [3.63, 3.8) is 0 Å². The Hall–Kier alpha value is -5.56. The van der Waals surface area contributed by atoms with E-state index >= 15 is 0 Å². The number of likely N-dealkylation sites (N-methyl/N-ethyl adjacent to an activating group) is 1. The highest BCUT2D eigenvalue weighted by Gasteiger charge is 2.44. The summed E-state index contributed by atoms with van der Waals surface area (Å²) in [5.41, 5.74) is 9.30. The maximum absolute atomic E-state index is 14.1. The number of nitrogens with zero attached hydrogens (tertiary/aromatic N) is 3. The molecule has 7 rings (SSSR count). The molecule has 0 saturated carbocycles. The van der Waals surface area contributed by atoms with E-state index in [4.69, 9.17) is 4.74 Å². The van der Waals surface area contributed by atoms with E-state index in [0.717, 1.165) is 92.0 Å². The van der Waals surface area contributed by atoms with Crippen molar-refractivity contribution in [3.8, 4) is 21.9 Å². The van der Waals surface area contributed by atoms with Crippen molar-refractivity contribution in [2.24, 2.45) is 5.41 Å². The van der Waals surface area contributed by atoms with Crippen LogP contribution in [0.25, 0.3) is 10.4 Å². The fourth-order valence-electron chi connectivity index (χ4n) is 10.2. The predicted molar refractivity (Wildman–Crippen MR) is 276 cm³/mol. The highest BCUT2D eigenvalue weighted by Crippen LogP contribution is 2.47. The average Bonchev–Trinajstić information content (AvgIpc) is 3.96. The fraction of sp³-hybridized carbons (Fsp3) is 0.474. The number of phenols is 1. The molecule has 1 aliphatic heterocycles. The van der Waals surface area contributed by atoms with Gasteiger partial charge in [0.2, 0.25) is 17.7 Å². The molecule has 0 bridgehead atoms. The van der Waals surface area contributed by atoms with E-state index < -0.39 is 23.6 Å². The molecule has 1 aliphatic carbocycles. The van der Waals surface area contributed by atoms with Gasteiger partial charge in [-0.15, -0.1) is 11.3 Å². The number of aromatic hydroxyl groups is 1. The van der Waals surface area contributed by atoms with Crippen molar-refractivity contribution in [1.29, 1.82) is 0 Å². The molecule has 5 aromatic rings. The zero-order valence-corrected chi connectivity index (χ0v) is 42.3. The van der Waals surface area contributed by atoms with Crippen LogP contribution in [0.3, 0.4) is 0 Å². The Balaban J connectivity index is 0.811. The lowest BCUT2D eigenvalue weighted by atomic mass is 9.69. The molecule has 2 aliphatic rings. The van der Waals surface area contributed by atoms with E-state index in [0.29, 0.717) is 24.7 Å². The number of nitrogens with one attached hydrogen (secondary N) is 2. The first kappa shape index (κ1) is 51.3. The van der Waals surface area contributed by atoms with Gasteiger partial charge in [0.05, 0.1) is 28.2 Å². The molecule has 12 heteroatoms. The second kappa shape index (κ2) is 23.8. The number of thiazole rings is 1. The molecular formula is C57H73N5O6S. The van der Waals surface area contributed by atoms with Crippen molar-refractivity contribution in [2.45, 2.75) is 135 Å². The number of hydrogen-bond acceptors (Lipinski definition) is 9. The van der Waals surface area contributed by atoms with E-state index in [1.807, 2.05) is 76.5 Å². The van der Waals surface area contributed by atoms with Gasteiger partial charge in [-0.25, -0.2) is 4.98 Å². The van der Waals surface area contributed by atoms with Gasteiger partial charge in [0.15, 0.2) is 0 Å². The second-order valence-corrected chi connectivity index (χ2v) is 21.0. The predicted octanol–water partition coefficient (Wildman–Crippen LogP) is 10.1. The minimum Gasteiger partial charge on any atom is -0.508 e. The Labute approximate surface area is 413 Å². The molecule has 0 radical (unpaired) electrons. The second-order valence-electron chi connectivity index (χ2n) is 20.2. The molecule has 2 heterocycles. The van der Waals surface area contributed by atoms with E-state index in [-0.39, 0.29) is 42.6 Å². The Morgan fingerprint density at radius 1 is 0.899 bits per heavy atom. The summed E-state index contributed by atoms with van der Waals surface area (Å²) in [6.45, 7) is 15.2. The number of aryl methyl sites for hydroxylation is 2. The number of aliphatic hydroxyl groups excluding tert-OH is 1. The summed E-state index contributed by atoms with van der Waals surface area (Å²) in [5, 5.41) is 27.0. The Morgan fingerprint density at radius 3 is 2.32 bits per heavy atom.